The van der Waals surface area contributed by atoms with Gasteiger partial charge in [0, 0.05) is 6.42 Å². The monoisotopic (exact) mass is 276 g/mol. The molecule has 1 aromatic carbocycles. The SMILES string of the molecule is NC(=O)[C@H](Cc1ccccc1)NC(=O)COCC1CC1. The lowest BCUT2D eigenvalue weighted by molar-refractivity contribution is -0.130. The van der Waals surface area contributed by atoms with E-state index in [0.717, 1.165) is 5.56 Å². The summed E-state index contributed by atoms with van der Waals surface area (Å²) in [4.78, 5) is 23.1. The molecule has 1 saturated carbocycles. The van der Waals surface area contributed by atoms with Crippen LogP contribution in [-0.4, -0.2) is 31.1 Å². The molecule has 108 valence electrons. The van der Waals surface area contributed by atoms with Gasteiger partial charge in [0.15, 0.2) is 0 Å². The fourth-order valence-corrected chi connectivity index (χ4v) is 1.91. The van der Waals surface area contributed by atoms with Crippen LogP contribution in [0.1, 0.15) is 18.4 Å². The van der Waals surface area contributed by atoms with Crippen LogP contribution in [0.5, 0.6) is 0 Å². The number of hydrogen-bond donors (Lipinski definition) is 2. The molecular formula is C15H20N2O3. The Balaban J connectivity index is 1.78. The number of carbonyl (C=O) groups excluding carboxylic acids is 2. The van der Waals surface area contributed by atoms with E-state index in [9.17, 15) is 9.59 Å². The number of hydrogen-bond acceptors (Lipinski definition) is 3. The van der Waals surface area contributed by atoms with Crippen LogP contribution in [0.2, 0.25) is 0 Å². The maximum Gasteiger partial charge on any atom is 0.246 e. The van der Waals surface area contributed by atoms with Gasteiger partial charge in [-0.05, 0) is 24.3 Å². The number of nitrogens with one attached hydrogen (secondary N) is 1. The summed E-state index contributed by atoms with van der Waals surface area (Å²) in [6, 6.07) is 8.75. The van der Waals surface area contributed by atoms with Gasteiger partial charge in [0.05, 0.1) is 6.61 Å². The Hall–Kier alpha value is -1.88. The van der Waals surface area contributed by atoms with Crippen LogP contribution in [0.15, 0.2) is 30.3 Å². The maximum atomic E-state index is 11.7. The highest BCUT2D eigenvalue weighted by atomic mass is 16.5. The number of amides is 2. The smallest absolute Gasteiger partial charge is 0.246 e. The van der Waals surface area contributed by atoms with Crippen molar-refractivity contribution >= 4 is 11.8 Å². The fourth-order valence-electron chi connectivity index (χ4n) is 1.91. The molecule has 0 aromatic heterocycles. The van der Waals surface area contributed by atoms with Crippen LogP contribution in [0.25, 0.3) is 0 Å². The lowest BCUT2D eigenvalue weighted by Crippen LogP contribution is -2.47. The van der Waals surface area contributed by atoms with Gasteiger partial charge >= 0.3 is 0 Å². The van der Waals surface area contributed by atoms with Gasteiger partial charge in [0.2, 0.25) is 11.8 Å². The van der Waals surface area contributed by atoms with Gasteiger partial charge in [-0.25, -0.2) is 0 Å². The van der Waals surface area contributed by atoms with E-state index < -0.39 is 11.9 Å². The molecule has 5 heteroatoms. The van der Waals surface area contributed by atoms with E-state index in [1.165, 1.54) is 12.8 Å². The number of carbonyl (C=O) groups is 2. The Morgan fingerprint density at radius 1 is 1.30 bits per heavy atom. The molecule has 0 aliphatic heterocycles. The van der Waals surface area contributed by atoms with Gasteiger partial charge in [-0.1, -0.05) is 30.3 Å². The van der Waals surface area contributed by atoms with Crippen molar-refractivity contribution in [3.8, 4) is 0 Å². The van der Waals surface area contributed by atoms with Gasteiger partial charge in [0.1, 0.15) is 12.6 Å². The number of primary amides is 1. The summed E-state index contributed by atoms with van der Waals surface area (Å²) >= 11 is 0. The second-order valence-corrected chi connectivity index (χ2v) is 5.17. The standard InChI is InChI=1S/C15H20N2O3/c16-15(19)13(8-11-4-2-1-3-5-11)17-14(18)10-20-9-12-6-7-12/h1-5,12-13H,6-10H2,(H2,16,19)(H,17,18)/t13-/m0/s1. The maximum absolute atomic E-state index is 11.7. The lowest BCUT2D eigenvalue weighted by atomic mass is 10.1. The molecule has 1 aromatic rings. The Kier molecular flexibility index (Phi) is 5.12. The van der Waals surface area contributed by atoms with E-state index in [1.54, 1.807) is 0 Å². The molecule has 2 rings (SSSR count). The Morgan fingerprint density at radius 3 is 2.60 bits per heavy atom. The van der Waals surface area contributed by atoms with Crippen molar-refractivity contribution in [1.29, 1.82) is 0 Å². The average Bonchev–Trinajstić information content (AvgIpc) is 3.23. The summed E-state index contributed by atoms with van der Waals surface area (Å²) in [7, 11) is 0. The zero-order chi connectivity index (χ0) is 14.4. The van der Waals surface area contributed by atoms with E-state index in [-0.39, 0.29) is 12.5 Å². The molecular weight excluding hydrogens is 256 g/mol. The summed E-state index contributed by atoms with van der Waals surface area (Å²) in [6.45, 7) is 0.600. The summed E-state index contributed by atoms with van der Waals surface area (Å²) in [5.74, 6) is -0.228. The van der Waals surface area contributed by atoms with Crippen molar-refractivity contribution < 1.29 is 14.3 Å². The average molecular weight is 276 g/mol. The van der Waals surface area contributed by atoms with E-state index >= 15 is 0 Å². The zero-order valence-corrected chi connectivity index (χ0v) is 11.4. The van der Waals surface area contributed by atoms with Crippen molar-refractivity contribution in [2.24, 2.45) is 11.7 Å². The molecule has 2 amide bonds. The summed E-state index contributed by atoms with van der Waals surface area (Å²) in [5.41, 5.74) is 6.28. The summed E-state index contributed by atoms with van der Waals surface area (Å²) < 4.78 is 5.29. The first-order chi connectivity index (χ1) is 9.65. The molecule has 0 spiro atoms. The van der Waals surface area contributed by atoms with Crippen molar-refractivity contribution in [3.63, 3.8) is 0 Å². The number of ether oxygens (including phenoxy) is 1. The highest BCUT2D eigenvalue weighted by molar-refractivity contribution is 5.87. The quantitative estimate of drug-likeness (QED) is 0.730. The van der Waals surface area contributed by atoms with Crippen LogP contribution in [-0.2, 0) is 20.7 Å². The first-order valence-corrected chi connectivity index (χ1v) is 6.85. The Labute approximate surface area is 118 Å². The number of rotatable bonds is 8. The summed E-state index contributed by atoms with van der Waals surface area (Å²) in [5, 5.41) is 2.62. The third-order valence-electron chi connectivity index (χ3n) is 3.24. The van der Waals surface area contributed by atoms with Crippen molar-refractivity contribution in [1.82, 2.24) is 5.32 Å². The minimum atomic E-state index is -0.700. The third-order valence-corrected chi connectivity index (χ3v) is 3.24. The van der Waals surface area contributed by atoms with Crippen LogP contribution in [0.4, 0.5) is 0 Å². The van der Waals surface area contributed by atoms with Crippen LogP contribution >= 0.6 is 0 Å². The topological polar surface area (TPSA) is 81.4 Å². The highest BCUT2D eigenvalue weighted by Crippen LogP contribution is 2.28. The predicted molar refractivity (Wildman–Crippen MR) is 74.8 cm³/mol. The highest BCUT2D eigenvalue weighted by Gasteiger charge is 2.22. The minimum Gasteiger partial charge on any atom is -0.371 e. The molecule has 0 heterocycles. The largest absolute Gasteiger partial charge is 0.371 e. The van der Waals surface area contributed by atoms with Crippen LogP contribution in [0.3, 0.4) is 0 Å². The molecule has 5 nitrogen and oxygen atoms in total. The second kappa shape index (κ2) is 7.05. The lowest BCUT2D eigenvalue weighted by Gasteiger charge is -2.15. The summed E-state index contributed by atoms with van der Waals surface area (Å²) in [6.07, 6.45) is 2.75. The molecule has 0 radical (unpaired) electrons. The molecule has 0 bridgehead atoms. The van der Waals surface area contributed by atoms with Crippen molar-refractivity contribution in [2.45, 2.75) is 25.3 Å². The Bertz CT molecular complexity index is 457. The molecule has 1 aliphatic rings. The van der Waals surface area contributed by atoms with Gasteiger partial charge in [0.25, 0.3) is 0 Å². The Morgan fingerprint density at radius 2 is 2.00 bits per heavy atom. The van der Waals surface area contributed by atoms with Gasteiger partial charge in [-0.2, -0.15) is 0 Å². The van der Waals surface area contributed by atoms with Gasteiger partial charge in [-0.3, -0.25) is 9.59 Å². The molecule has 1 atom stereocenters. The molecule has 1 aliphatic carbocycles. The number of nitrogens with two attached hydrogens (primary N) is 1. The minimum absolute atomic E-state index is 0.0188. The molecule has 0 unspecified atom stereocenters. The molecule has 20 heavy (non-hydrogen) atoms. The zero-order valence-electron chi connectivity index (χ0n) is 11.4. The van der Waals surface area contributed by atoms with Gasteiger partial charge in [-0.15, -0.1) is 0 Å². The number of benzene rings is 1. The third kappa shape index (κ3) is 5.01. The fraction of sp³-hybridized carbons (Fsp3) is 0.467. The predicted octanol–water partition coefficient (Wildman–Crippen LogP) is 0.626. The molecule has 3 N–H and O–H groups in total. The second-order valence-electron chi connectivity index (χ2n) is 5.17. The van der Waals surface area contributed by atoms with Crippen LogP contribution in [0, 0.1) is 5.92 Å². The van der Waals surface area contributed by atoms with E-state index in [4.69, 9.17) is 10.5 Å². The van der Waals surface area contributed by atoms with Crippen molar-refractivity contribution in [3.05, 3.63) is 35.9 Å². The van der Waals surface area contributed by atoms with Gasteiger partial charge < -0.3 is 15.8 Å². The first-order valence-electron chi connectivity index (χ1n) is 6.85. The van der Waals surface area contributed by atoms with Crippen molar-refractivity contribution in [2.75, 3.05) is 13.2 Å². The normalized spacial score (nSPS) is 15.6. The molecule has 0 saturated heterocycles. The van der Waals surface area contributed by atoms with Crippen LogP contribution < -0.4 is 11.1 Å². The van der Waals surface area contributed by atoms with E-state index in [2.05, 4.69) is 5.32 Å². The van der Waals surface area contributed by atoms with E-state index in [0.29, 0.717) is 18.9 Å². The molecule has 1 fully saturated rings. The first kappa shape index (κ1) is 14.5. The van der Waals surface area contributed by atoms with E-state index in [1.807, 2.05) is 30.3 Å².